The van der Waals surface area contributed by atoms with Crippen LogP contribution in [0.25, 0.3) is 10.4 Å². The van der Waals surface area contributed by atoms with E-state index in [0.717, 1.165) is 23.5 Å². The van der Waals surface area contributed by atoms with Crippen LogP contribution in [0.5, 0.6) is 0 Å². The van der Waals surface area contributed by atoms with E-state index in [-0.39, 0.29) is 26.6 Å². The van der Waals surface area contributed by atoms with Crippen molar-refractivity contribution in [3.8, 4) is 10.4 Å². The van der Waals surface area contributed by atoms with Crippen LogP contribution < -0.4 is 11.1 Å². The first-order chi connectivity index (χ1) is 15.0. The van der Waals surface area contributed by atoms with Gasteiger partial charge in [0.25, 0.3) is 5.91 Å². The van der Waals surface area contributed by atoms with E-state index < -0.39 is 29.2 Å². The zero-order valence-electron chi connectivity index (χ0n) is 17.9. The molecule has 6 nitrogen and oxygen atoms in total. The first kappa shape index (κ1) is 23.8. The number of aliphatic hydroxyl groups is 2. The SMILES string of the molecule is CCC(O)c1cc(F)c(-c2cc(C(N)=O)c(Nc3cccc(CC(C)(C)O)n3)s2)c(F)c1. The number of aliphatic hydroxyl groups excluding tert-OH is 1. The number of nitrogens with zero attached hydrogens (tertiary/aromatic N) is 1. The molecule has 0 fully saturated rings. The minimum Gasteiger partial charge on any atom is -0.390 e. The van der Waals surface area contributed by atoms with Gasteiger partial charge in [0.1, 0.15) is 22.5 Å². The first-order valence-electron chi connectivity index (χ1n) is 10.0. The number of aromatic nitrogens is 1. The standard InChI is InChI=1S/C23H25F2N3O3S/c1-4-17(29)12-8-15(24)20(16(25)9-12)18-10-14(21(26)30)22(32-18)28-19-7-5-6-13(27-19)11-23(2,3)31/h5-10,17,29,31H,4,11H2,1-3H3,(H2,26,30)(H,27,28). The lowest BCUT2D eigenvalue weighted by Crippen LogP contribution is -2.22. The molecule has 0 aliphatic carbocycles. The van der Waals surface area contributed by atoms with E-state index in [4.69, 9.17) is 5.73 Å². The molecule has 5 N–H and O–H groups in total. The van der Waals surface area contributed by atoms with Crippen molar-refractivity contribution in [1.82, 2.24) is 4.98 Å². The molecule has 9 heteroatoms. The van der Waals surface area contributed by atoms with E-state index in [1.165, 1.54) is 6.07 Å². The summed E-state index contributed by atoms with van der Waals surface area (Å²) < 4.78 is 29.5. The number of hydrogen-bond donors (Lipinski definition) is 4. The highest BCUT2D eigenvalue weighted by Gasteiger charge is 2.22. The Morgan fingerprint density at radius 2 is 1.91 bits per heavy atom. The summed E-state index contributed by atoms with van der Waals surface area (Å²) in [5, 5.41) is 23.2. The van der Waals surface area contributed by atoms with Crippen LogP contribution in [-0.4, -0.2) is 26.7 Å². The van der Waals surface area contributed by atoms with Gasteiger partial charge >= 0.3 is 0 Å². The molecule has 1 amide bonds. The summed E-state index contributed by atoms with van der Waals surface area (Å²) >= 11 is 0.959. The van der Waals surface area contributed by atoms with E-state index >= 15 is 0 Å². The highest BCUT2D eigenvalue weighted by molar-refractivity contribution is 7.20. The molecule has 3 aromatic rings. The Bertz CT molecular complexity index is 1120. The number of nitrogens with two attached hydrogens (primary N) is 1. The number of carbonyl (C=O) groups excluding carboxylic acids is 1. The van der Waals surface area contributed by atoms with Crippen molar-refractivity contribution >= 4 is 28.1 Å². The van der Waals surface area contributed by atoms with Gasteiger partial charge in [-0.05, 0) is 56.2 Å². The van der Waals surface area contributed by atoms with Gasteiger partial charge in [0, 0.05) is 17.0 Å². The molecular weight excluding hydrogens is 436 g/mol. The third-order valence-electron chi connectivity index (χ3n) is 4.74. The number of thiophene rings is 1. The van der Waals surface area contributed by atoms with Crippen molar-refractivity contribution in [2.45, 2.75) is 45.3 Å². The van der Waals surface area contributed by atoms with Crippen LogP contribution in [0.15, 0.2) is 36.4 Å². The molecule has 0 saturated heterocycles. The minimum absolute atomic E-state index is 0.0659. The summed E-state index contributed by atoms with van der Waals surface area (Å²) in [4.78, 5) is 16.6. The van der Waals surface area contributed by atoms with Crippen LogP contribution in [0.2, 0.25) is 0 Å². The van der Waals surface area contributed by atoms with Crippen molar-refractivity contribution < 1.29 is 23.8 Å². The monoisotopic (exact) mass is 461 g/mol. The van der Waals surface area contributed by atoms with E-state index in [1.807, 2.05) is 0 Å². The van der Waals surface area contributed by atoms with Gasteiger partial charge in [-0.2, -0.15) is 0 Å². The molecule has 0 aliphatic heterocycles. The predicted molar refractivity (Wildman–Crippen MR) is 121 cm³/mol. The zero-order valence-corrected chi connectivity index (χ0v) is 18.8. The van der Waals surface area contributed by atoms with E-state index in [9.17, 15) is 23.8 Å². The van der Waals surface area contributed by atoms with Gasteiger partial charge in [-0.25, -0.2) is 13.8 Å². The lowest BCUT2D eigenvalue weighted by Gasteiger charge is -2.16. The van der Waals surface area contributed by atoms with Crippen molar-refractivity contribution in [2.24, 2.45) is 5.73 Å². The number of anilines is 2. The second-order valence-corrected chi connectivity index (χ2v) is 9.18. The molecule has 0 spiro atoms. The maximum atomic E-state index is 14.8. The molecule has 2 aromatic heterocycles. The molecule has 3 rings (SSSR count). The Hall–Kier alpha value is -2.88. The largest absolute Gasteiger partial charge is 0.390 e. The van der Waals surface area contributed by atoms with Crippen molar-refractivity contribution in [1.29, 1.82) is 0 Å². The summed E-state index contributed by atoms with van der Waals surface area (Å²) in [6.07, 6.45) is -0.346. The van der Waals surface area contributed by atoms with Crippen molar-refractivity contribution in [2.75, 3.05) is 5.32 Å². The van der Waals surface area contributed by atoms with Crippen molar-refractivity contribution in [3.63, 3.8) is 0 Å². The lowest BCUT2D eigenvalue weighted by molar-refractivity contribution is 0.0800. The van der Waals surface area contributed by atoms with Gasteiger partial charge in [0.15, 0.2) is 0 Å². The molecule has 0 saturated carbocycles. The molecule has 1 atom stereocenters. The van der Waals surface area contributed by atoms with Crippen LogP contribution in [-0.2, 0) is 6.42 Å². The molecule has 170 valence electrons. The van der Waals surface area contributed by atoms with E-state index in [0.29, 0.717) is 24.4 Å². The number of amides is 1. The predicted octanol–water partition coefficient (Wildman–Crippen LogP) is 4.69. The van der Waals surface area contributed by atoms with E-state index in [1.54, 1.807) is 39.0 Å². The minimum atomic E-state index is -0.975. The molecule has 0 radical (unpaired) electrons. The van der Waals surface area contributed by atoms with Crippen LogP contribution in [0.3, 0.4) is 0 Å². The van der Waals surface area contributed by atoms with Gasteiger partial charge in [-0.3, -0.25) is 4.79 Å². The third-order valence-corrected chi connectivity index (χ3v) is 5.81. The van der Waals surface area contributed by atoms with Crippen LogP contribution in [0.4, 0.5) is 19.6 Å². The Morgan fingerprint density at radius 1 is 1.25 bits per heavy atom. The van der Waals surface area contributed by atoms with Gasteiger partial charge in [-0.1, -0.05) is 13.0 Å². The highest BCUT2D eigenvalue weighted by Crippen LogP contribution is 2.40. The molecule has 1 aromatic carbocycles. The molecule has 0 aliphatic rings. The molecular formula is C23H25F2N3O3S. The fraction of sp³-hybridized carbons (Fsp3) is 0.304. The third kappa shape index (κ3) is 5.48. The first-order valence-corrected chi connectivity index (χ1v) is 10.9. The second-order valence-electron chi connectivity index (χ2n) is 8.13. The number of nitrogens with one attached hydrogen (secondary N) is 1. The van der Waals surface area contributed by atoms with Gasteiger partial charge in [-0.15, -0.1) is 11.3 Å². The van der Waals surface area contributed by atoms with Gasteiger partial charge in [0.2, 0.25) is 0 Å². The summed E-state index contributed by atoms with van der Waals surface area (Å²) in [7, 11) is 0. The zero-order chi connectivity index (χ0) is 23.6. The Balaban J connectivity index is 1.99. The summed E-state index contributed by atoms with van der Waals surface area (Å²) in [5.41, 5.74) is 5.06. The quantitative estimate of drug-likeness (QED) is 0.389. The number of benzene rings is 1. The highest BCUT2D eigenvalue weighted by atomic mass is 32.1. The Labute approximate surface area is 188 Å². The summed E-state index contributed by atoms with van der Waals surface area (Å²) in [6.45, 7) is 5.04. The average Bonchev–Trinajstić information content (AvgIpc) is 3.09. The van der Waals surface area contributed by atoms with Crippen molar-refractivity contribution in [3.05, 3.63) is 64.9 Å². The smallest absolute Gasteiger partial charge is 0.251 e. The molecule has 0 bridgehead atoms. The molecule has 32 heavy (non-hydrogen) atoms. The number of rotatable bonds is 8. The second kappa shape index (κ2) is 9.32. The van der Waals surface area contributed by atoms with Gasteiger partial charge in [0.05, 0.1) is 22.8 Å². The van der Waals surface area contributed by atoms with Crippen LogP contribution >= 0.6 is 11.3 Å². The molecule has 1 unspecified atom stereocenters. The fourth-order valence-corrected chi connectivity index (χ4v) is 4.37. The number of primary amides is 1. The number of pyridine rings is 1. The molecule has 2 heterocycles. The fourth-order valence-electron chi connectivity index (χ4n) is 3.25. The topological polar surface area (TPSA) is 108 Å². The maximum absolute atomic E-state index is 14.8. The average molecular weight is 462 g/mol. The number of halogens is 2. The van der Waals surface area contributed by atoms with Crippen LogP contribution in [0.1, 0.15) is 54.9 Å². The summed E-state index contributed by atoms with van der Waals surface area (Å²) in [5.74, 6) is -2.06. The number of carbonyl (C=O) groups is 1. The number of hydrogen-bond acceptors (Lipinski definition) is 6. The lowest BCUT2D eigenvalue weighted by atomic mass is 10.0. The Kier molecular flexibility index (Phi) is 6.92. The van der Waals surface area contributed by atoms with E-state index in [2.05, 4.69) is 10.3 Å². The Morgan fingerprint density at radius 3 is 2.47 bits per heavy atom. The van der Waals surface area contributed by atoms with Crippen LogP contribution in [0, 0.1) is 11.6 Å². The summed E-state index contributed by atoms with van der Waals surface area (Å²) in [6, 6.07) is 8.67. The normalized spacial score (nSPS) is 12.6. The van der Waals surface area contributed by atoms with Gasteiger partial charge < -0.3 is 21.3 Å². The maximum Gasteiger partial charge on any atom is 0.251 e.